The van der Waals surface area contributed by atoms with Crippen molar-refractivity contribution in [1.29, 1.82) is 0 Å². The van der Waals surface area contributed by atoms with E-state index in [1.807, 2.05) is 36.2 Å². The number of likely N-dealkylation sites (N-methyl/N-ethyl adjacent to an activating group) is 1. The number of carbonyl (C=O) groups excluding carboxylic acids is 3. The van der Waals surface area contributed by atoms with Crippen LogP contribution in [0, 0.1) is 5.92 Å². The number of hydrogen-bond acceptors (Lipinski definition) is 5. The molecule has 4 fully saturated rings. The van der Waals surface area contributed by atoms with Gasteiger partial charge in [-0.25, -0.2) is 8.78 Å². The van der Waals surface area contributed by atoms with Gasteiger partial charge in [-0.3, -0.25) is 19.3 Å². The Morgan fingerprint density at radius 3 is 2.09 bits per heavy atom. The first kappa shape index (κ1) is 33.1. The summed E-state index contributed by atoms with van der Waals surface area (Å²) in [5.74, 6) is -3.52. The molecule has 8 nitrogen and oxygen atoms in total. The number of carbonyl (C=O) groups is 3. The molecule has 3 amide bonds. The molecule has 244 valence electrons. The molecule has 1 saturated carbocycles. The molecule has 0 radical (unpaired) electrons. The molecule has 3 aliphatic heterocycles. The Bertz CT molecular complexity index is 1210. The zero-order chi connectivity index (χ0) is 32.0. The zero-order valence-corrected chi connectivity index (χ0v) is 27.5. The van der Waals surface area contributed by atoms with Crippen LogP contribution in [0.2, 0.25) is 5.02 Å². The zero-order valence-electron chi connectivity index (χ0n) is 26.8. The van der Waals surface area contributed by atoms with E-state index in [1.54, 1.807) is 9.80 Å². The van der Waals surface area contributed by atoms with E-state index in [9.17, 15) is 23.2 Å². The molecule has 4 aliphatic rings. The summed E-state index contributed by atoms with van der Waals surface area (Å²) in [5, 5.41) is 0.632. The number of amides is 3. The highest BCUT2D eigenvalue weighted by Crippen LogP contribution is 2.41. The van der Waals surface area contributed by atoms with Crippen LogP contribution in [0.4, 0.5) is 8.78 Å². The summed E-state index contributed by atoms with van der Waals surface area (Å²) >= 11 is 6.21. The van der Waals surface area contributed by atoms with Gasteiger partial charge in [0.1, 0.15) is 6.04 Å². The smallest absolute Gasteiger partial charge is 0.248 e. The van der Waals surface area contributed by atoms with Crippen molar-refractivity contribution in [3.8, 4) is 0 Å². The van der Waals surface area contributed by atoms with Crippen LogP contribution in [0.15, 0.2) is 24.3 Å². The topological polar surface area (TPSA) is 67.4 Å². The molecule has 0 bridgehead atoms. The Morgan fingerprint density at radius 2 is 1.52 bits per heavy atom. The highest BCUT2D eigenvalue weighted by Gasteiger charge is 2.51. The van der Waals surface area contributed by atoms with Gasteiger partial charge in [0.15, 0.2) is 0 Å². The summed E-state index contributed by atoms with van der Waals surface area (Å²) < 4.78 is 28.1. The van der Waals surface area contributed by atoms with E-state index in [-0.39, 0.29) is 73.4 Å². The summed E-state index contributed by atoms with van der Waals surface area (Å²) in [6.45, 7) is 12.1. The number of rotatable bonds is 5. The minimum absolute atomic E-state index is 0.0784. The van der Waals surface area contributed by atoms with Crippen LogP contribution in [0.25, 0.3) is 0 Å². The quantitative estimate of drug-likeness (QED) is 0.482. The fourth-order valence-electron chi connectivity index (χ4n) is 7.71. The fraction of sp³-hybridized carbons (Fsp3) is 0.727. The van der Waals surface area contributed by atoms with Crippen LogP contribution < -0.4 is 0 Å². The maximum Gasteiger partial charge on any atom is 0.248 e. The van der Waals surface area contributed by atoms with Crippen molar-refractivity contribution in [3.05, 3.63) is 34.9 Å². The maximum absolute atomic E-state index is 14.7. The monoisotopic (exact) mass is 635 g/mol. The molecule has 1 aromatic rings. The number of hydrogen-bond donors (Lipinski definition) is 0. The van der Waals surface area contributed by atoms with Gasteiger partial charge in [0.2, 0.25) is 23.6 Å². The Balaban J connectivity index is 1.45. The van der Waals surface area contributed by atoms with Crippen molar-refractivity contribution < 1.29 is 23.2 Å². The van der Waals surface area contributed by atoms with Crippen LogP contribution in [0.1, 0.15) is 71.3 Å². The normalized spacial score (nSPS) is 28.8. The first-order valence-corrected chi connectivity index (χ1v) is 16.5. The Kier molecular flexibility index (Phi) is 9.65. The van der Waals surface area contributed by atoms with E-state index in [1.165, 1.54) is 6.92 Å². The molecule has 1 aromatic carbocycles. The van der Waals surface area contributed by atoms with Gasteiger partial charge in [-0.2, -0.15) is 0 Å². The number of alkyl halides is 2. The summed E-state index contributed by atoms with van der Waals surface area (Å²) in [6.07, 6.45) is 0.248. The number of likely N-dealkylation sites (tertiary alicyclic amines) is 2. The van der Waals surface area contributed by atoms with E-state index < -0.39 is 18.0 Å². The van der Waals surface area contributed by atoms with Gasteiger partial charge in [-0.05, 0) is 64.8 Å². The third kappa shape index (κ3) is 7.07. The lowest BCUT2D eigenvalue weighted by atomic mass is 9.87. The van der Waals surface area contributed by atoms with Crippen LogP contribution in [-0.4, -0.2) is 125 Å². The van der Waals surface area contributed by atoms with E-state index in [4.69, 9.17) is 11.6 Å². The van der Waals surface area contributed by atoms with Gasteiger partial charge in [0, 0.05) is 88.1 Å². The van der Waals surface area contributed by atoms with E-state index in [2.05, 4.69) is 30.6 Å². The number of halogens is 3. The number of piperazine rings is 1. The van der Waals surface area contributed by atoms with Gasteiger partial charge in [0.25, 0.3) is 0 Å². The molecule has 5 rings (SSSR count). The van der Waals surface area contributed by atoms with E-state index in [0.29, 0.717) is 37.6 Å². The summed E-state index contributed by atoms with van der Waals surface area (Å²) in [6, 6.07) is 6.24. The molecule has 3 heterocycles. The Hall–Kier alpha value is -2.30. The van der Waals surface area contributed by atoms with Crippen LogP contribution in [0.5, 0.6) is 0 Å². The predicted octanol–water partition coefficient (Wildman–Crippen LogP) is 4.32. The van der Waals surface area contributed by atoms with Crippen LogP contribution in [-0.2, 0) is 14.4 Å². The first-order valence-electron chi connectivity index (χ1n) is 16.1. The SMILES string of the molecule is CC(=O)N(C1CCC(F)(F)CC1)C1C[C@@H](C(=O)N2CCN(C)CC2)N(C(=O)[C@@H]2CN(C(C)(C)C)C[C@H]2c2ccc(Cl)cc2)C1. The average molecular weight is 636 g/mol. The van der Waals surface area contributed by atoms with Gasteiger partial charge in [-0.15, -0.1) is 0 Å². The molecule has 0 spiro atoms. The molecular weight excluding hydrogens is 588 g/mol. The molecule has 11 heteroatoms. The molecule has 3 saturated heterocycles. The van der Waals surface area contributed by atoms with Gasteiger partial charge in [-0.1, -0.05) is 23.7 Å². The van der Waals surface area contributed by atoms with Gasteiger partial charge < -0.3 is 19.6 Å². The molecule has 4 atom stereocenters. The molecule has 0 aromatic heterocycles. The van der Waals surface area contributed by atoms with Crippen molar-refractivity contribution in [2.75, 3.05) is 52.9 Å². The molecule has 1 unspecified atom stereocenters. The van der Waals surface area contributed by atoms with Crippen LogP contribution in [0.3, 0.4) is 0 Å². The largest absolute Gasteiger partial charge is 0.338 e. The molecular formula is C33H48ClF2N5O3. The highest BCUT2D eigenvalue weighted by atomic mass is 35.5. The van der Waals surface area contributed by atoms with Crippen molar-refractivity contribution in [1.82, 2.24) is 24.5 Å². The second-order valence-electron chi connectivity index (χ2n) is 14.4. The second kappa shape index (κ2) is 12.8. The summed E-state index contributed by atoms with van der Waals surface area (Å²) in [4.78, 5) is 51.7. The number of nitrogens with zero attached hydrogens (tertiary/aromatic N) is 5. The third-order valence-electron chi connectivity index (χ3n) is 10.4. The molecule has 0 N–H and O–H groups in total. The highest BCUT2D eigenvalue weighted by molar-refractivity contribution is 6.30. The Labute approximate surface area is 265 Å². The fourth-order valence-corrected chi connectivity index (χ4v) is 7.83. The van der Waals surface area contributed by atoms with E-state index >= 15 is 0 Å². The molecule has 1 aliphatic carbocycles. The standard InChI is InChI=1S/C33H48ClF2N5O3/c1-22(42)41(25-10-12-33(35,36)13-11-25)26-18-29(31(44)38-16-14-37(5)15-17-38)40(19-26)30(43)28-21-39(32(2,3)4)20-27(28)23-6-8-24(34)9-7-23/h6-9,25-29H,10-21H2,1-5H3/t26?,27-,28+,29-/m0/s1. The van der Waals surface area contributed by atoms with Gasteiger partial charge >= 0.3 is 0 Å². The third-order valence-corrected chi connectivity index (χ3v) is 10.6. The van der Waals surface area contributed by atoms with Crippen molar-refractivity contribution >= 4 is 29.3 Å². The molecule has 44 heavy (non-hydrogen) atoms. The minimum Gasteiger partial charge on any atom is -0.338 e. The lowest BCUT2D eigenvalue weighted by Crippen LogP contribution is -2.54. The Morgan fingerprint density at radius 1 is 0.909 bits per heavy atom. The lowest BCUT2D eigenvalue weighted by Gasteiger charge is -2.39. The van der Waals surface area contributed by atoms with Crippen molar-refractivity contribution in [2.45, 2.75) is 95.3 Å². The maximum atomic E-state index is 14.7. The first-order chi connectivity index (χ1) is 20.6. The van der Waals surface area contributed by atoms with Crippen LogP contribution >= 0.6 is 11.6 Å². The predicted molar refractivity (Wildman–Crippen MR) is 167 cm³/mol. The van der Waals surface area contributed by atoms with Crippen molar-refractivity contribution in [2.24, 2.45) is 5.92 Å². The van der Waals surface area contributed by atoms with E-state index in [0.717, 1.165) is 18.7 Å². The second-order valence-corrected chi connectivity index (χ2v) is 14.8. The summed E-state index contributed by atoms with van der Waals surface area (Å²) in [5.41, 5.74) is 0.877. The summed E-state index contributed by atoms with van der Waals surface area (Å²) in [7, 11) is 2.03. The minimum atomic E-state index is -2.71. The number of benzene rings is 1. The average Bonchev–Trinajstić information content (AvgIpc) is 3.60. The lowest BCUT2D eigenvalue weighted by molar-refractivity contribution is -0.147. The van der Waals surface area contributed by atoms with Crippen molar-refractivity contribution in [3.63, 3.8) is 0 Å². The van der Waals surface area contributed by atoms with Gasteiger partial charge in [0.05, 0.1) is 12.0 Å².